The Bertz CT molecular complexity index is 371. The lowest BCUT2D eigenvalue weighted by atomic mass is 10.1. The van der Waals surface area contributed by atoms with Crippen molar-refractivity contribution in [2.24, 2.45) is 0 Å². The Morgan fingerprint density at radius 2 is 2.12 bits per heavy atom. The molecule has 0 aliphatic carbocycles. The summed E-state index contributed by atoms with van der Waals surface area (Å²) >= 11 is 0. The van der Waals surface area contributed by atoms with Crippen LogP contribution >= 0.6 is 0 Å². The zero-order valence-electron chi connectivity index (χ0n) is 10.0. The minimum absolute atomic E-state index is 0.00818. The molecule has 0 fully saturated rings. The van der Waals surface area contributed by atoms with Crippen LogP contribution in [0.3, 0.4) is 0 Å². The molecule has 3 heteroatoms. The molecule has 0 saturated carbocycles. The summed E-state index contributed by atoms with van der Waals surface area (Å²) in [4.78, 5) is 15.7. The second-order valence-electron chi connectivity index (χ2n) is 3.77. The van der Waals surface area contributed by atoms with Gasteiger partial charge in [-0.2, -0.15) is 0 Å². The van der Waals surface area contributed by atoms with Gasteiger partial charge in [-0.1, -0.05) is 13.0 Å². The lowest BCUT2D eigenvalue weighted by molar-refractivity contribution is -0.118. The molecular weight excluding hydrogens is 200 g/mol. The Balaban J connectivity index is 2.62. The van der Waals surface area contributed by atoms with Gasteiger partial charge in [0, 0.05) is 18.0 Å². The third kappa shape index (κ3) is 3.50. The molecule has 16 heavy (non-hydrogen) atoms. The first-order chi connectivity index (χ1) is 7.65. The molecule has 1 N–H and O–H groups in total. The number of nitrogens with one attached hydrogen (secondary N) is 1. The topological polar surface area (TPSA) is 42.0 Å². The van der Waals surface area contributed by atoms with E-state index in [0.29, 0.717) is 0 Å². The van der Waals surface area contributed by atoms with E-state index in [2.05, 4.69) is 10.3 Å². The third-order valence-corrected chi connectivity index (χ3v) is 2.42. The average molecular weight is 218 g/mol. The van der Waals surface area contributed by atoms with Crippen LogP contribution in [0, 0.1) is 0 Å². The van der Waals surface area contributed by atoms with Crippen molar-refractivity contribution in [1.29, 1.82) is 0 Å². The quantitative estimate of drug-likeness (QED) is 0.789. The Kier molecular flexibility index (Phi) is 4.70. The fraction of sp³-hybridized carbons (Fsp3) is 0.385. The van der Waals surface area contributed by atoms with Gasteiger partial charge >= 0.3 is 0 Å². The maximum absolute atomic E-state index is 11.7. The summed E-state index contributed by atoms with van der Waals surface area (Å²) < 4.78 is 0. The molecule has 0 aromatic carbocycles. The Morgan fingerprint density at radius 3 is 2.69 bits per heavy atom. The van der Waals surface area contributed by atoms with Crippen molar-refractivity contribution in [3.8, 4) is 0 Å². The summed E-state index contributed by atoms with van der Waals surface area (Å²) in [5.41, 5.74) is 1.83. The maximum Gasteiger partial charge on any atom is 0.247 e. The van der Waals surface area contributed by atoms with Gasteiger partial charge in [-0.3, -0.25) is 9.78 Å². The lowest BCUT2D eigenvalue weighted by Gasteiger charge is -2.14. The molecule has 1 heterocycles. The molecule has 0 saturated heterocycles. The standard InChI is InChI=1S/C13H18N2O/c1-4-5-10(2)13(16)15-11(3)12-6-8-14-9-7-12/h5-9,11H,4H2,1-3H3,(H,15,16)/b10-5+/t11-/m0/s1. The molecule has 1 atom stereocenters. The Hall–Kier alpha value is -1.64. The van der Waals surface area contributed by atoms with Crippen LogP contribution in [0.4, 0.5) is 0 Å². The highest BCUT2D eigenvalue weighted by molar-refractivity contribution is 5.92. The molecule has 0 spiro atoms. The molecule has 3 nitrogen and oxygen atoms in total. The van der Waals surface area contributed by atoms with Crippen LogP contribution in [0.25, 0.3) is 0 Å². The van der Waals surface area contributed by atoms with Crippen molar-refractivity contribution < 1.29 is 4.79 Å². The molecule has 86 valence electrons. The number of hydrogen-bond donors (Lipinski definition) is 1. The van der Waals surface area contributed by atoms with Crippen molar-refractivity contribution in [1.82, 2.24) is 10.3 Å². The van der Waals surface area contributed by atoms with E-state index in [4.69, 9.17) is 0 Å². The van der Waals surface area contributed by atoms with Crippen LogP contribution < -0.4 is 5.32 Å². The van der Waals surface area contributed by atoms with E-state index in [1.807, 2.05) is 39.0 Å². The van der Waals surface area contributed by atoms with Crippen molar-refractivity contribution in [2.75, 3.05) is 0 Å². The molecule has 0 bridgehead atoms. The number of rotatable bonds is 4. The van der Waals surface area contributed by atoms with E-state index in [-0.39, 0.29) is 11.9 Å². The smallest absolute Gasteiger partial charge is 0.247 e. The van der Waals surface area contributed by atoms with Gasteiger partial charge < -0.3 is 5.32 Å². The van der Waals surface area contributed by atoms with Crippen LogP contribution in [-0.2, 0) is 4.79 Å². The van der Waals surface area contributed by atoms with Crippen LogP contribution in [0.5, 0.6) is 0 Å². The van der Waals surface area contributed by atoms with Crippen molar-refractivity contribution in [2.45, 2.75) is 33.2 Å². The van der Waals surface area contributed by atoms with Crippen molar-refractivity contribution in [3.05, 3.63) is 41.7 Å². The van der Waals surface area contributed by atoms with Gasteiger partial charge in [0.25, 0.3) is 0 Å². The number of amides is 1. The summed E-state index contributed by atoms with van der Waals surface area (Å²) in [7, 11) is 0. The van der Waals surface area contributed by atoms with Crippen molar-refractivity contribution >= 4 is 5.91 Å². The molecule has 0 unspecified atom stereocenters. The SMILES string of the molecule is CC/C=C(\C)C(=O)N[C@@H](C)c1ccncc1. The number of pyridine rings is 1. The number of aromatic nitrogens is 1. The van der Waals surface area contributed by atoms with E-state index in [1.165, 1.54) is 0 Å². The summed E-state index contributed by atoms with van der Waals surface area (Å²) in [6.45, 7) is 5.81. The average Bonchev–Trinajstić information content (AvgIpc) is 2.30. The van der Waals surface area contributed by atoms with E-state index in [0.717, 1.165) is 17.6 Å². The monoisotopic (exact) mass is 218 g/mol. The highest BCUT2D eigenvalue weighted by atomic mass is 16.1. The van der Waals surface area contributed by atoms with Crippen LogP contribution in [0.1, 0.15) is 38.8 Å². The van der Waals surface area contributed by atoms with Crippen molar-refractivity contribution in [3.63, 3.8) is 0 Å². The summed E-state index contributed by atoms with van der Waals surface area (Å²) in [5.74, 6) is -0.00818. The van der Waals surface area contributed by atoms with Gasteiger partial charge in [0.1, 0.15) is 0 Å². The van der Waals surface area contributed by atoms with Crippen LogP contribution in [0.2, 0.25) is 0 Å². The molecule has 0 aliphatic rings. The van der Waals surface area contributed by atoms with E-state index in [9.17, 15) is 4.79 Å². The first kappa shape index (κ1) is 12.4. The fourth-order valence-electron chi connectivity index (χ4n) is 1.44. The normalized spacial score (nSPS) is 13.3. The summed E-state index contributed by atoms with van der Waals surface area (Å²) in [5, 5.41) is 2.95. The molecule has 1 aromatic rings. The predicted molar refractivity (Wildman–Crippen MR) is 64.8 cm³/mol. The van der Waals surface area contributed by atoms with Gasteiger partial charge in [0.05, 0.1) is 6.04 Å². The minimum Gasteiger partial charge on any atom is -0.346 e. The van der Waals surface area contributed by atoms with Gasteiger partial charge in [0.2, 0.25) is 5.91 Å². The van der Waals surface area contributed by atoms with E-state index >= 15 is 0 Å². The fourth-order valence-corrected chi connectivity index (χ4v) is 1.44. The van der Waals surface area contributed by atoms with E-state index in [1.54, 1.807) is 12.4 Å². The largest absolute Gasteiger partial charge is 0.346 e. The molecule has 0 radical (unpaired) electrons. The van der Waals surface area contributed by atoms with Crippen LogP contribution in [-0.4, -0.2) is 10.9 Å². The Morgan fingerprint density at radius 1 is 1.50 bits per heavy atom. The van der Waals surface area contributed by atoms with Gasteiger partial charge in [-0.25, -0.2) is 0 Å². The highest BCUT2D eigenvalue weighted by Crippen LogP contribution is 2.11. The zero-order chi connectivity index (χ0) is 12.0. The lowest BCUT2D eigenvalue weighted by Crippen LogP contribution is -2.27. The molecule has 0 aliphatic heterocycles. The number of nitrogens with zero attached hydrogens (tertiary/aromatic N) is 1. The Labute approximate surface area is 96.6 Å². The highest BCUT2D eigenvalue weighted by Gasteiger charge is 2.09. The first-order valence-electron chi connectivity index (χ1n) is 5.52. The third-order valence-electron chi connectivity index (χ3n) is 2.42. The van der Waals surface area contributed by atoms with Gasteiger partial charge in [0.15, 0.2) is 0 Å². The second kappa shape index (κ2) is 6.05. The zero-order valence-corrected chi connectivity index (χ0v) is 10.0. The summed E-state index contributed by atoms with van der Waals surface area (Å²) in [6.07, 6.45) is 6.26. The number of allylic oxidation sites excluding steroid dienone is 1. The first-order valence-corrected chi connectivity index (χ1v) is 5.52. The maximum atomic E-state index is 11.7. The number of carbonyl (C=O) groups excluding carboxylic acids is 1. The molecule has 1 aromatic heterocycles. The number of hydrogen-bond acceptors (Lipinski definition) is 2. The van der Waals surface area contributed by atoms with Gasteiger partial charge in [-0.05, 0) is 38.0 Å². The van der Waals surface area contributed by atoms with E-state index < -0.39 is 0 Å². The predicted octanol–water partition coefficient (Wildman–Crippen LogP) is 2.62. The molecular formula is C13H18N2O. The van der Waals surface area contributed by atoms with Crippen LogP contribution in [0.15, 0.2) is 36.2 Å². The molecule has 1 rings (SSSR count). The number of carbonyl (C=O) groups is 1. The second-order valence-corrected chi connectivity index (χ2v) is 3.77. The molecule has 1 amide bonds. The minimum atomic E-state index is -0.00818. The summed E-state index contributed by atoms with van der Waals surface area (Å²) in [6, 6.07) is 3.82. The van der Waals surface area contributed by atoms with Gasteiger partial charge in [-0.15, -0.1) is 0 Å².